The van der Waals surface area contributed by atoms with Gasteiger partial charge in [0.05, 0.1) is 16.6 Å². The van der Waals surface area contributed by atoms with E-state index in [1.165, 1.54) is 12.8 Å². The predicted octanol–water partition coefficient (Wildman–Crippen LogP) is 1.37. The van der Waals surface area contributed by atoms with Crippen LogP contribution in [0, 0.1) is 18.8 Å². The fourth-order valence-corrected chi connectivity index (χ4v) is 3.36. The first-order valence-electron chi connectivity index (χ1n) is 7.58. The van der Waals surface area contributed by atoms with Crippen molar-refractivity contribution in [3.05, 3.63) is 16.1 Å². The maximum atomic E-state index is 12.1. The number of likely N-dealkylation sites (tertiary alicyclic amines) is 1. The first-order valence-corrected chi connectivity index (χ1v) is 8.46. The molecule has 0 spiro atoms. The van der Waals surface area contributed by atoms with Crippen molar-refractivity contribution >= 4 is 23.2 Å². The van der Waals surface area contributed by atoms with Gasteiger partial charge in [0, 0.05) is 37.9 Å². The van der Waals surface area contributed by atoms with E-state index in [1.54, 1.807) is 11.3 Å². The summed E-state index contributed by atoms with van der Waals surface area (Å²) in [7, 11) is 0. The molecule has 0 aromatic carbocycles. The molecule has 1 aromatic rings. The topological polar surface area (TPSA) is 62.3 Å². The molecule has 1 aliphatic heterocycles. The van der Waals surface area contributed by atoms with Crippen LogP contribution in [0.2, 0.25) is 0 Å². The number of hydrogen-bond acceptors (Lipinski definition) is 4. The molecule has 1 aromatic heterocycles. The van der Waals surface area contributed by atoms with E-state index in [9.17, 15) is 9.59 Å². The van der Waals surface area contributed by atoms with Gasteiger partial charge in [-0.1, -0.05) is 0 Å². The zero-order valence-corrected chi connectivity index (χ0v) is 13.1. The van der Waals surface area contributed by atoms with Crippen molar-refractivity contribution in [2.45, 2.75) is 32.6 Å². The molecule has 2 aliphatic rings. The lowest BCUT2D eigenvalue weighted by Crippen LogP contribution is -2.34. The minimum absolute atomic E-state index is 0.00796. The van der Waals surface area contributed by atoms with E-state index < -0.39 is 0 Å². The highest BCUT2D eigenvalue weighted by molar-refractivity contribution is 7.09. The van der Waals surface area contributed by atoms with Crippen LogP contribution in [-0.2, 0) is 16.0 Å². The molecule has 1 unspecified atom stereocenters. The molecule has 1 aliphatic carbocycles. The van der Waals surface area contributed by atoms with Gasteiger partial charge in [-0.05, 0) is 25.7 Å². The molecule has 2 amide bonds. The van der Waals surface area contributed by atoms with Gasteiger partial charge in [0.1, 0.15) is 0 Å². The van der Waals surface area contributed by atoms with Gasteiger partial charge in [-0.15, -0.1) is 11.3 Å². The van der Waals surface area contributed by atoms with Crippen LogP contribution < -0.4 is 5.32 Å². The van der Waals surface area contributed by atoms with Crippen LogP contribution in [0.4, 0.5) is 0 Å². The normalized spacial score (nSPS) is 21.9. The summed E-state index contributed by atoms with van der Waals surface area (Å²) in [4.78, 5) is 30.3. The molecule has 1 saturated carbocycles. The summed E-state index contributed by atoms with van der Waals surface area (Å²) in [5, 5.41) is 6.01. The van der Waals surface area contributed by atoms with Crippen LogP contribution in [0.3, 0.4) is 0 Å². The van der Waals surface area contributed by atoms with Crippen LogP contribution in [-0.4, -0.2) is 41.3 Å². The number of thiazole rings is 1. The van der Waals surface area contributed by atoms with E-state index in [-0.39, 0.29) is 17.7 Å². The molecule has 6 heteroatoms. The fourth-order valence-electron chi connectivity index (χ4n) is 2.72. The monoisotopic (exact) mass is 307 g/mol. The highest BCUT2D eigenvalue weighted by Gasteiger charge is 2.36. The second kappa shape index (κ2) is 6.13. The quantitative estimate of drug-likeness (QED) is 0.863. The molecular formula is C15H21N3O2S. The smallest absolute Gasteiger partial charge is 0.225 e. The first-order chi connectivity index (χ1) is 10.1. The van der Waals surface area contributed by atoms with Crippen molar-refractivity contribution in [1.82, 2.24) is 15.2 Å². The lowest BCUT2D eigenvalue weighted by atomic mass is 10.1. The average Bonchev–Trinajstić information content (AvgIpc) is 3.06. The number of aryl methyl sites for hydroxylation is 1. The van der Waals surface area contributed by atoms with Crippen LogP contribution in [0.1, 0.15) is 30.0 Å². The molecule has 114 valence electrons. The molecule has 1 atom stereocenters. The molecule has 1 saturated heterocycles. The standard InChI is InChI=1S/C15H21N3O2S/c1-10-17-13(9-21-10)4-5-16-15(20)12-6-14(19)18(8-12)7-11-2-3-11/h9,11-12H,2-8H2,1H3,(H,16,20). The molecule has 0 radical (unpaired) electrons. The number of hydrogen-bond donors (Lipinski definition) is 1. The zero-order valence-electron chi connectivity index (χ0n) is 12.3. The van der Waals surface area contributed by atoms with Gasteiger partial charge in [-0.25, -0.2) is 4.98 Å². The summed E-state index contributed by atoms with van der Waals surface area (Å²) in [6.45, 7) is 4.01. The van der Waals surface area contributed by atoms with E-state index in [4.69, 9.17) is 0 Å². The Morgan fingerprint density at radius 2 is 2.33 bits per heavy atom. The molecule has 3 rings (SSSR count). The van der Waals surface area contributed by atoms with Crippen molar-refractivity contribution in [3.63, 3.8) is 0 Å². The van der Waals surface area contributed by atoms with E-state index in [0.29, 0.717) is 25.4 Å². The zero-order chi connectivity index (χ0) is 14.8. The number of carbonyl (C=O) groups is 2. The van der Waals surface area contributed by atoms with Crippen molar-refractivity contribution in [2.24, 2.45) is 11.8 Å². The van der Waals surface area contributed by atoms with Crippen LogP contribution in [0.5, 0.6) is 0 Å². The molecule has 2 heterocycles. The summed E-state index contributed by atoms with van der Waals surface area (Å²) in [6, 6.07) is 0. The molecule has 21 heavy (non-hydrogen) atoms. The van der Waals surface area contributed by atoms with Gasteiger partial charge in [0.15, 0.2) is 0 Å². The molecular weight excluding hydrogens is 286 g/mol. The van der Waals surface area contributed by atoms with Gasteiger partial charge < -0.3 is 10.2 Å². The summed E-state index contributed by atoms with van der Waals surface area (Å²) in [5.41, 5.74) is 1.02. The third-order valence-corrected chi connectivity index (χ3v) is 4.93. The predicted molar refractivity (Wildman–Crippen MR) is 81.0 cm³/mol. The summed E-state index contributed by atoms with van der Waals surface area (Å²) >= 11 is 1.63. The van der Waals surface area contributed by atoms with Gasteiger partial charge in [-0.2, -0.15) is 0 Å². The van der Waals surface area contributed by atoms with Gasteiger partial charge in [-0.3, -0.25) is 9.59 Å². The average molecular weight is 307 g/mol. The van der Waals surface area contributed by atoms with Crippen molar-refractivity contribution < 1.29 is 9.59 Å². The maximum Gasteiger partial charge on any atom is 0.225 e. The Morgan fingerprint density at radius 1 is 1.52 bits per heavy atom. The minimum atomic E-state index is -0.173. The largest absolute Gasteiger partial charge is 0.355 e. The number of carbonyl (C=O) groups excluding carboxylic acids is 2. The molecule has 2 fully saturated rings. The molecule has 0 bridgehead atoms. The molecule has 5 nitrogen and oxygen atoms in total. The number of amides is 2. The Bertz CT molecular complexity index is 539. The number of aromatic nitrogens is 1. The fraction of sp³-hybridized carbons (Fsp3) is 0.667. The Balaban J connectivity index is 1.41. The third-order valence-electron chi connectivity index (χ3n) is 4.11. The van der Waals surface area contributed by atoms with Crippen molar-refractivity contribution in [1.29, 1.82) is 0 Å². The SMILES string of the molecule is Cc1nc(CCNC(=O)C2CC(=O)N(CC3CC3)C2)cs1. The maximum absolute atomic E-state index is 12.1. The van der Waals surface area contributed by atoms with Gasteiger partial charge >= 0.3 is 0 Å². The molecule has 1 N–H and O–H groups in total. The van der Waals surface area contributed by atoms with E-state index >= 15 is 0 Å². The second-order valence-electron chi connectivity index (χ2n) is 6.04. The highest BCUT2D eigenvalue weighted by atomic mass is 32.1. The lowest BCUT2D eigenvalue weighted by Gasteiger charge is -2.15. The minimum Gasteiger partial charge on any atom is -0.355 e. The van der Waals surface area contributed by atoms with Gasteiger partial charge in [0.2, 0.25) is 11.8 Å². The number of nitrogens with zero attached hydrogens (tertiary/aromatic N) is 2. The number of nitrogens with one attached hydrogen (secondary N) is 1. The van der Waals surface area contributed by atoms with Crippen molar-refractivity contribution in [2.75, 3.05) is 19.6 Å². The number of rotatable bonds is 6. The first kappa shape index (κ1) is 14.5. The Labute approximate surface area is 128 Å². The Hall–Kier alpha value is -1.43. The summed E-state index contributed by atoms with van der Waals surface area (Å²) < 4.78 is 0. The van der Waals surface area contributed by atoms with E-state index in [1.807, 2.05) is 17.2 Å². The lowest BCUT2D eigenvalue weighted by molar-refractivity contribution is -0.129. The highest BCUT2D eigenvalue weighted by Crippen LogP contribution is 2.31. The Kier molecular flexibility index (Phi) is 4.24. The Morgan fingerprint density at radius 3 is 3.00 bits per heavy atom. The van der Waals surface area contributed by atoms with Crippen LogP contribution in [0.25, 0.3) is 0 Å². The van der Waals surface area contributed by atoms with Crippen LogP contribution >= 0.6 is 11.3 Å². The van der Waals surface area contributed by atoms with Gasteiger partial charge in [0.25, 0.3) is 0 Å². The summed E-state index contributed by atoms with van der Waals surface area (Å²) in [6.07, 6.45) is 3.58. The van der Waals surface area contributed by atoms with Crippen molar-refractivity contribution in [3.8, 4) is 0 Å². The second-order valence-corrected chi connectivity index (χ2v) is 7.10. The van der Waals surface area contributed by atoms with E-state index in [2.05, 4.69) is 10.3 Å². The third kappa shape index (κ3) is 3.81. The van der Waals surface area contributed by atoms with E-state index in [0.717, 1.165) is 23.7 Å². The van der Waals surface area contributed by atoms with Crippen LogP contribution in [0.15, 0.2) is 5.38 Å². The summed E-state index contributed by atoms with van der Waals surface area (Å²) in [5.74, 6) is 0.655.